The zero-order chi connectivity index (χ0) is 10.6. The van der Waals surface area contributed by atoms with Gasteiger partial charge >= 0.3 is 0 Å². The minimum absolute atomic E-state index is 0.0941. The van der Waals surface area contributed by atoms with Crippen LogP contribution in [0.2, 0.25) is 0 Å². The van der Waals surface area contributed by atoms with Crippen molar-refractivity contribution < 1.29 is 8.42 Å². The van der Waals surface area contributed by atoms with Crippen molar-refractivity contribution in [3.8, 4) is 0 Å². The highest BCUT2D eigenvalue weighted by Gasteiger charge is 2.12. The summed E-state index contributed by atoms with van der Waals surface area (Å²) in [4.78, 5) is 3.92. The Bertz CT molecular complexity index is 381. The van der Waals surface area contributed by atoms with Crippen LogP contribution in [0.15, 0.2) is 23.4 Å². The Balaban J connectivity index is 2.94. The summed E-state index contributed by atoms with van der Waals surface area (Å²) in [5.74, 6) is 0.0941. The van der Waals surface area contributed by atoms with Gasteiger partial charge in [0.2, 0.25) is 0 Å². The van der Waals surface area contributed by atoms with Gasteiger partial charge in [0, 0.05) is 6.20 Å². The van der Waals surface area contributed by atoms with E-state index < -0.39 is 9.84 Å². The molecule has 0 fully saturated rings. The topological polar surface area (TPSA) is 47.0 Å². The maximum atomic E-state index is 11.4. The van der Waals surface area contributed by atoms with E-state index in [9.17, 15) is 8.42 Å². The summed E-state index contributed by atoms with van der Waals surface area (Å²) in [5.41, 5.74) is 0.961. The van der Waals surface area contributed by atoms with Gasteiger partial charge < -0.3 is 0 Å². The van der Waals surface area contributed by atoms with Crippen molar-refractivity contribution >= 4 is 9.84 Å². The Morgan fingerprint density at radius 3 is 2.50 bits per heavy atom. The molecule has 0 bridgehead atoms. The molecule has 1 radical (unpaired) electrons. The highest BCUT2D eigenvalue weighted by atomic mass is 32.2. The third-order valence-electron chi connectivity index (χ3n) is 1.90. The molecular formula is C10H14NO2S. The number of pyridine rings is 1. The summed E-state index contributed by atoms with van der Waals surface area (Å²) >= 11 is 0. The van der Waals surface area contributed by atoms with E-state index >= 15 is 0 Å². The van der Waals surface area contributed by atoms with E-state index in [1.165, 1.54) is 0 Å². The second-order valence-corrected chi connectivity index (χ2v) is 5.17. The van der Waals surface area contributed by atoms with Gasteiger partial charge in [0.1, 0.15) is 0 Å². The Labute approximate surface area is 85.1 Å². The highest BCUT2D eigenvalue weighted by molar-refractivity contribution is 7.91. The summed E-state index contributed by atoms with van der Waals surface area (Å²) in [5, 5.41) is 0.160. The quantitative estimate of drug-likeness (QED) is 0.765. The Morgan fingerprint density at radius 2 is 2.07 bits per heavy atom. The molecule has 0 atom stereocenters. The predicted molar refractivity (Wildman–Crippen MR) is 55.7 cm³/mol. The van der Waals surface area contributed by atoms with Crippen molar-refractivity contribution in [3.05, 3.63) is 30.3 Å². The fraction of sp³-hybridized carbons (Fsp3) is 0.400. The molecule has 1 aromatic rings. The summed E-state index contributed by atoms with van der Waals surface area (Å²) in [6.45, 7) is 3.64. The lowest BCUT2D eigenvalue weighted by Crippen LogP contribution is -2.05. The van der Waals surface area contributed by atoms with Crippen LogP contribution >= 0.6 is 0 Å². The van der Waals surface area contributed by atoms with Gasteiger partial charge in [-0.2, -0.15) is 0 Å². The maximum absolute atomic E-state index is 11.4. The van der Waals surface area contributed by atoms with E-state index in [2.05, 4.69) is 4.98 Å². The SMILES string of the molecule is CC[CH]c1ccc(S(=O)(=O)CC)nc1. The van der Waals surface area contributed by atoms with E-state index in [1.54, 1.807) is 25.3 Å². The monoisotopic (exact) mass is 212 g/mol. The van der Waals surface area contributed by atoms with Crippen molar-refractivity contribution in [2.45, 2.75) is 25.3 Å². The first-order valence-electron chi connectivity index (χ1n) is 4.62. The van der Waals surface area contributed by atoms with Gasteiger partial charge in [-0.25, -0.2) is 13.4 Å². The minimum Gasteiger partial charge on any atom is -0.244 e. The number of rotatable bonds is 4. The van der Waals surface area contributed by atoms with Crippen molar-refractivity contribution in [2.75, 3.05) is 5.75 Å². The number of aromatic nitrogens is 1. The van der Waals surface area contributed by atoms with Crippen LogP contribution in [-0.2, 0) is 9.84 Å². The molecule has 0 saturated heterocycles. The molecule has 3 nitrogen and oxygen atoms in total. The summed E-state index contributed by atoms with van der Waals surface area (Å²) in [7, 11) is -3.15. The largest absolute Gasteiger partial charge is 0.244 e. The second-order valence-electron chi connectivity index (χ2n) is 2.95. The number of nitrogens with zero attached hydrogens (tertiary/aromatic N) is 1. The average Bonchev–Trinajstić information content (AvgIpc) is 2.19. The molecule has 77 valence electrons. The Hall–Kier alpha value is -0.900. The van der Waals surface area contributed by atoms with Gasteiger partial charge in [0.25, 0.3) is 0 Å². The van der Waals surface area contributed by atoms with Crippen LogP contribution in [-0.4, -0.2) is 19.2 Å². The van der Waals surface area contributed by atoms with Crippen molar-refractivity contribution in [2.24, 2.45) is 0 Å². The average molecular weight is 212 g/mol. The fourth-order valence-electron chi connectivity index (χ4n) is 1.08. The third-order valence-corrected chi connectivity index (χ3v) is 3.54. The fourth-order valence-corrected chi connectivity index (χ4v) is 1.86. The summed E-state index contributed by atoms with van der Waals surface area (Å²) in [6.07, 6.45) is 4.50. The lowest BCUT2D eigenvalue weighted by molar-refractivity contribution is 0.593. The third kappa shape index (κ3) is 2.54. The zero-order valence-electron chi connectivity index (χ0n) is 8.40. The molecular weight excluding hydrogens is 198 g/mol. The highest BCUT2D eigenvalue weighted by Crippen LogP contribution is 2.10. The molecule has 0 aliphatic rings. The molecule has 0 unspecified atom stereocenters. The molecule has 0 aliphatic heterocycles. The van der Waals surface area contributed by atoms with Crippen LogP contribution < -0.4 is 0 Å². The molecule has 1 heterocycles. The number of sulfone groups is 1. The first-order chi connectivity index (χ1) is 6.60. The van der Waals surface area contributed by atoms with E-state index in [4.69, 9.17) is 0 Å². The number of hydrogen-bond donors (Lipinski definition) is 0. The first kappa shape index (κ1) is 11.2. The molecule has 0 aliphatic carbocycles. The van der Waals surface area contributed by atoms with Crippen LogP contribution in [0.4, 0.5) is 0 Å². The Kier molecular flexibility index (Phi) is 3.63. The number of hydrogen-bond acceptors (Lipinski definition) is 3. The van der Waals surface area contributed by atoms with Crippen molar-refractivity contribution in [1.29, 1.82) is 0 Å². The van der Waals surface area contributed by atoms with Gasteiger partial charge in [0.05, 0.1) is 5.75 Å². The maximum Gasteiger partial charge on any atom is 0.195 e. The van der Waals surface area contributed by atoms with E-state index in [1.807, 2.05) is 13.3 Å². The van der Waals surface area contributed by atoms with Crippen LogP contribution in [0.25, 0.3) is 0 Å². The van der Waals surface area contributed by atoms with Crippen molar-refractivity contribution in [1.82, 2.24) is 4.98 Å². The van der Waals surface area contributed by atoms with E-state index in [-0.39, 0.29) is 10.8 Å². The van der Waals surface area contributed by atoms with E-state index in [0.717, 1.165) is 12.0 Å². The lowest BCUT2D eigenvalue weighted by atomic mass is 10.2. The smallest absolute Gasteiger partial charge is 0.195 e. The van der Waals surface area contributed by atoms with Gasteiger partial charge in [-0.05, 0) is 24.5 Å². The second kappa shape index (κ2) is 4.55. The lowest BCUT2D eigenvalue weighted by Gasteiger charge is -2.01. The first-order valence-corrected chi connectivity index (χ1v) is 6.27. The van der Waals surface area contributed by atoms with Crippen LogP contribution in [0.1, 0.15) is 25.8 Å². The molecule has 1 rings (SSSR count). The normalized spacial score (nSPS) is 11.6. The van der Waals surface area contributed by atoms with Crippen LogP contribution in [0, 0.1) is 6.42 Å². The van der Waals surface area contributed by atoms with Gasteiger partial charge in [0.15, 0.2) is 14.9 Å². The van der Waals surface area contributed by atoms with Gasteiger partial charge in [-0.15, -0.1) is 0 Å². The molecule has 0 amide bonds. The zero-order valence-corrected chi connectivity index (χ0v) is 9.21. The van der Waals surface area contributed by atoms with Gasteiger partial charge in [-0.3, -0.25) is 0 Å². The minimum atomic E-state index is -3.15. The molecule has 4 heteroatoms. The standard InChI is InChI=1S/C10H14NO2S/c1-3-5-9-6-7-10(11-8-9)14(12,13)4-2/h5-8H,3-4H2,1-2H3. The predicted octanol–water partition coefficient (Wildman–Crippen LogP) is 1.84. The van der Waals surface area contributed by atoms with Crippen molar-refractivity contribution in [3.63, 3.8) is 0 Å². The summed E-state index contributed by atoms with van der Waals surface area (Å²) in [6, 6.07) is 3.33. The van der Waals surface area contributed by atoms with E-state index in [0.29, 0.717) is 0 Å². The molecule has 0 N–H and O–H groups in total. The molecule has 14 heavy (non-hydrogen) atoms. The van der Waals surface area contributed by atoms with Crippen LogP contribution in [0.5, 0.6) is 0 Å². The molecule has 0 saturated carbocycles. The summed E-state index contributed by atoms with van der Waals surface area (Å²) < 4.78 is 22.8. The molecule has 0 aromatic carbocycles. The van der Waals surface area contributed by atoms with Crippen LogP contribution in [0.3, 0.4) is 0 Å². The Morgan fingerprint density at radius 1 is 1.36 bits per heavy atom. The molecule has 1 aromatic heterocycles. The van der Waals surface area contributed by atoms with Gasteiger partial charge in [-0.1, -0.05) is 19.9 Å². The molecule has 0 spiro atoms.